The van der Waals surface area contributed by atoms with Gasteiger partial charge in [0.2, 0.25) is 0 Å². The van der Waals surface area contributed by atoms with E-state index < -0.39 is 9.84 Å². The first-order valence-corrected chi connectivity index (χ1v) is 8.06. The second-order valence-corrected chi connectivity index (χ2v) is 6.66. The van der Waals surface area contributed by atoms with E-state index in [9.17, 15) is 13.2 Å². The van der Waals surface area contributed by atoms with Gasteiger partial charge in [-0.25, -0.2) is 8.42 Å². The van der Waals surface area contributed by atoms with Crippen LogP contribution in [-0.2, 0) is 14.6 Å². The summed E-state index contributed by atoms with van der Waals surface area (Å²) in [5, 5.41) is 2.76. The highest BCUT2D eigenvalue weighted by Crippen LogP contribution is 2.13. The van der Waals surface area contributed by atoms with Crippen molar-refractivity contribution in [2.45, 2.75) is 23.8 Å². The monoisotopic (exact) mass is 283 g/mol. The molecule has 1 fully saturated rings. The van der Waals surface area contributed by atoms with Gasteiger partial charge >= 0.3 is 0 Å². The molecule has 1 aromatic rings. The highest BCUT2D eigenvalue weighted by atomic mass is 32.2. The minimum atomic E-state index is -3.29. The SMILES string of the molecule is CS(=O)(=O)c1cccc(C(=O)NCC2CCCO2)c1. The molecule has 1 aromatic carbocycles. The fraction of sp³-hybridized carbons (Fsp3) is 0.462. The molecule has 0 radical (unpaired) electrons. The second kappa shape index (κ2) is 5.71. The summed E-state index contributed by atoms with van der Waals surface area (Å²) in [6.07, 6.45) is 3.16. The van der Waals surface area contributed by atoms with Crippen LogP contribution in [0.1, 0.15) is 23.2 Å². The molecule has 1 saturated heterocycles. The zero-order valence-corrected chi connectivity index (χ0v) is 11.6. The summed E-state index contributed by atoms with van der Waals surface area (Å²) in [4.78, 5) is 12.1. The van der Waals surface area contributed by atoms with Crippen LogP contribution >= 0.6 is 0 Å². The van der Waals surface area contributed by atoms with E-state index in [1.54, 1.807) is 12.1 Å². The van der Waals surface area contributed by atoms with Gasteiger partial charge in [-0.3, -0.25) is 4.79 Å². The van der Waals surface area contributed by atoms with Crippen molar-refractivity contribution in [1.29, 1.82) is 0 Å². The summed E-state index contributed by atoms with van der Waals surface area (Å²) in [6, 6.07) is 6.03. The number of ether oxygens (including phenoxy) is 1. The number of rotatable bonds is 4. The Labute approximate surface area is 112 Å². The van der Waals surface area contributed by atoms with Crippen LogP contribution in [0.4, 0.5) is 0 Å². The van der Waals surface area contributed by atoms with E-state index in [4.69, 9.17) is 4.74 Å². The van der Waals surface area contributed by atoms with Crippen LogP contribution in [-0.4, -0.2) is 39.8 Å². The van der Waals surface area contributed by atoms with E-state index in [1.165, 1.54) is 12.1 Å². The lowest BCUT2D eigenvalue weighted by atomic mass is 10.2. The Balaban J connectivity index is 2.02. The topological polar surface area (TPSA) is 72.5 Å². The minimum absolute atomic E-state index is 0.0713. The van der Waals surface area contributed by atoms with Gasteiger partial charge in [-0.15, -0.1) is 0 Å². The Morgan fingerprint density at radius 2 is 2.26 bits per heavy atom. The third-order valence-electron chi connectivity index (χ3n) is 3.04. The lowest BCUT2D eigenvalue weighted by Crippen LogP contribution is -2.31. The molecule has 2 rings (SSSR count). The van der Waals surface area contributed by atoms with E-state index in [2.05, 4.69) is 5.32 Å². The van der Waals surface area contributed by atoms with Gasteiger partial charge < -0.3 is 10.1 Å². The molecule has 0 spiro atoms. The van der Waals surface area contributed by atoms with Gasteiger partial charge in [0, 0.05) is 25.0 Å². The van der Waals surface area contributed by atoms with Crippen molar-refractivity contribution in [1.82, 2.24) is 5.32 Å². The summed E-state index contributed by atoms with van der Waals surface area (Å²) in [5.74, 6) is -0.277. The molecule has 5 nitrogen and oxygen atoms in total. The first-order chi connectivity index (χ1) is 8.97. The van der Waals surface area contributed by atoms with Crippen LogP contribution < -0.4 is 5.32 Å². The van der Waals surface area contributed by atoms with E-state index in [1.807, 2.05) is 0 Å². The highest BCUT2D eigenvalue weighted by molar-refractivity contribution is 7.90. The molecule has 1 amide bonds. The van der Waals surface area contributed by atoms with Gasteiger partial charge in [-0.2, -0.15) is 0 Å². The lowest BCUT2D eigenvalue weighted by Gasteiger charge is -2.11. The van der Waals surface area contributed by atoms with E-state index in [0.29, 0.717) is 12.1 Å². The second-order valence-electron chi connectivity index (χ2n) is 4.65. The lowest BCUT2D eigenvalue weighted by molar-refractivity contribution is 0.0857. The first kappa shape index (κ1) is 14.0. The summed E-state index contributed by atoms with van der Waals surface area (Å²) >= 11 is 0. The minimum Gasteiger partial charge on any atom is -0.376 e. The van der Waals surface area contributed by atoms with E-state index in [-0.39, 0.29) is 16.9 Å². The third kappa shape index (κ3) is 3.78. The van der Waals surface area contributed by atoms with Crippen molar-refractivity contribution >= 4 is 15.7 Å². The maximum Gasteiger partial charge on any atom is 0.251 e. The predicted octanol–water partition coefficient (Wildman–Crippen LogP) is 0.999. The molecule has 1 atom stereocenters. The zero-order chi connectivity index (χ0) is 13.9. The summed E-state index contributed by atoms with van der Waals surface area (Å²) in [6.45, 7) is 1.20. The molecule has 0 saturated carbocycles. The normalized spacial score (nSPS) is 19.3. The molecular formula is C13H17NO4S. The Morgan fingerprint density at radius 3 is 2.89 bits per heavy atom. The van der Waals surface area contributed by atoms with Crippen LogP contribution in [0.3, 0.4) is 0 Å². The van der Waals surface area contributed by atoms with Crippen LogP contribution in [0.5, 0.6) is 0 Å². The van der Waals surface area contributed by atoms with Crippen molar-refractivity contribution in [2.24, 2.45) is 0 Å². The van der Waals surface area contributed by atoms with Crippen molar-refractivity contribution in [3.8, 4) is 0 Å². The molecule has 1 aliphatic rings. The number of hydrogen-bond acceptors (Lipinski definition) is 4. The largest absolute Gasteiger partial charge is 0.376 e. The molecule has 6 heteroatoms. The van der Waals surface area contributed by atoms with Crippen LogP contribution in [0.25, 0.3) is 0 Å². The fourth-order valence-electron chi connectivity index (χ4n) is 1.98. The summed E-state index contributed by atoms with van der Waals surface area (Å²) in [7, 11) is -3.29. The Hall–Kier alpha value is -1.40. The maximum atomic E-state index is 11.9. The quantitative estimate of drug-likeness (QED) is 0.894. The third-order valence-corrected chi connectivity index (χ3v) is 4.15. The molecule has 1 unspecified atom stereocenters. The molecule has 1 N–H and O–H groups in total. The van der Waals surface area contributed by atoms with Crippen molar-refractivity contribution in [3.05, 3.63) is 29.8 Å². The Morgan fingerprint density at radius 1 is 1.47 bits per heavy atom. The molecule has 0 aromatic heterocycles. The van der Waals surface area contributed by atoms with Gasteiger partial charge in [0.15, 0.2) is 9.84 Å². The van der Waals surface area contributed by atoms with Gasteiger partial charge in [-0.05, 0) is 31.0 Å². The molecule has 1 aliphatic heterocycles. The molecule has 0 bridgehead atoms. The molecule has 104 valence electrons. The van der Waals surface area contributed by atoms with E-state index in [0.717, 1.165) is 25.7 Å². The highest BCUT2D eigenvalue weighted by Gasteiger charge is 2.17. The first-order valence-electron chi connectivity index (χ1n) is 6.17. The van der Waals surface area contributed by atoms with Crippen molar-refractivity contribution in [3.63, 3.8) is 0 Å². The average molecular weight is 283 g/mol. The van der Waals surface area contributed by atoms with Gasteiger partial charge in [0.25, 0.3) is 5.91 Å². The number of benzene rings is 1. The zero-order valence-electron chi connectivity index (χ0n) is 10.8. The summed E-state index contributed by atoms with van der Waals surface area (Å²) in [5.41, 5.74) is 0.348. The molecule has 0 aliphatic carbocycles. The van der Waals surface area contributed by atoms with Crippen LogP contribution in [0, 0.1) is 0 Å². The summed E-state index contributed by atoms with van der Waals surface area (Å²) < 4.78 is 28.3. The number of sulfone groups is 1. The van der Waals surface area contributed by atoms with Crippen molar-refractivity contribution < 1.29 is 17.9 Å². The van der Waals surface area contributed by atoms with Crippen molar-refractivity contribution in [2.75, 3.05) is 19.4 Å². The Kier molecular flexibility index (Phi) is 4.21. The number of hydrogen-bond donors (Lipinski definition) is 1. The number of nitrogens with one attached hydrogen (secondary N) is 1. The van der Waals surface area contributed by atoms with Gasteiger partial charge in [-0.1, -0.05) is 6.07 Å². The number of carbonyl (C=O) groups excluding carboxylic acids is 1. The van der Waals surface area contributed by atoms with Crippen LogP contribution in [0.2, 0.25) is 0 Å². The van der Waals surface area contributed by atoms with Crippen LogP contribution in [0.15, 0.2) is 29.2 Å². The van der Waals surface area contributed by atoms with E-state index >= 15 is 0 Å². The molecule has 19 heavy (non-hydrogen) atoms. The molecule has 1 heterocycles. The number of carbonyl (C=O) groups is 1. The van der Waals surface area contributed by atoms with Gasteiger partial charge in [0.1, 0.15) is 0 Å². The maximum absolute atomic E-state index is 11.9. The Bertz CT molecular complexity index is 562. The molecular weight excluding hydrogens is 266 g/mol. The predicted molar refractivity (Wildman–Crippen MR) is 70.9 cm³/mol. The fourth-order valence-corrected chi connectivity index (χ4v) is 2.65. The average Bonchev–Trinajstić information content (AvgIpc) is 2.88. The number of amides is 1. The standard InChI is InChI=1S/C13H17NO4S/c1-19(16,17)12-6-2-4-10(8-12)13(15)14-9-11-5-3-7-18-11/h2,4,6,8,11H,3,5,7,9H2,1H3,(H,14,15). The van der Waals surface area contributed by atoms with Gasteiger partial charge in [0.05, 0.1) is 11.0 Å². The smallest absolute Gasteiger partial charge is 0.251 e.